The summed E-state index contributed by atoms with van der Waals surface area (Å²) in [5.74, 6) is -1.57. The van der Waals surface area contributed by atoms with Gasteiger partial charge in [-0.1, -0.05) is 12.1 Å². The number of hydrogen-bond acceptors (Lipinski definition) is 4. The minimum Gasteiger partial charge on any atom is -0.398 e. The van der Waals surface area contributed by atoms with Gasteiger partial charge < -0.3 is 22.1 Å². The number of benzene rings is 1. The number of carbonyl (C=O) groups excluding carboxylic acids is 3. The maximum atomic E-state index is 11.8. The van der Waals surface area contributed by atoms with Gasteiger partial charge in [-0.15, -0.1) is 0 Å². The highest BCUT2D eigenvalue weighted by Crippen LogP contribution is 2.09. The van der Waals surface area contributed by atoms with Crippen LogP contribution < -0.4 is 22.1 Å². The molecule has 7 nitrogen and oxygen atoms in total. The van der Waals surface area contributed by atoms with E-state index in [4.69, 9.17) is 11.5 Å². The van der Waals surface area contributed by atoms with Gasteiger partial charge in [0.25, 0.3) is 5.91 Å². The van der Waals surface area contributed by atoms with Crippen molar-refractivity contribution in [3.05, 3.63) is 29.8 Å². The highest BCUT2D eigenvalue weighted by molar-refractivity contribution is 5.99. The summed E-state index contributed by atoms with van der Waals surface area (Å²) in [7, 11) is 0. The molecule has 7 heteroatoms. The smallest absolute Gasteiger partial charge is 0.253 e. The second kappa shape index (κ2) is 6.39. The molecule has 1 aromatic carbocycles. The van der Waals surface area contributed by atoms with Crippen molar-refractivity contribution in [2.45, 2.75) is 13.0 Å². The maximum absolute atomic E-state index is 11.8. The number of nitrogen functional groups attached to an aromatic ring is 1. The van der Waals surface area contributed by atoms with Gasteiger partial charge in [0.05, 0.1) is 5.56 Å². The normalized spacial score (nSPS) is 11.4. The zero-order chi connectivity index (χ0) is 14.4. The summed E-state index contributed by atoms with van der Waals surface area (Å²) in [6.45, 7) is 1.16. The first-order valence-corrected chi connectivity index (χ1v) is 5.61. The van der Waals surface area contributed by atoms with Crippen molar-refractivity contribution in [2.24, 2.45) is 5.73 Å². The fraction of sp³-hybridized carbons (Fsp3) is 0.250. The molecule has 0 fully saturated rings. The summed E-state index contributed by atoms with van der Waals surface area (Å²) in [5, 5.41) is 4.83. The monoisotopic (exact) mass is 264 g/mol. The third kappa shape index (κ3) is 4.30. The standard InChI is InChI=1S/C12H16N4O3/c1-7(17)16-10(11(14)18)6-15-12(19)8-4-2-3-5-9(8)13/h2-5,10H,6,13H2,1H3,(H2,14,18)(H,15,19)(H,16,17)/t10-/m0/s1. The zero-order valence-corrected chi connectivity index (χ0v) is 10.5. The van der Waals surface area contributed by atoms with Crippen molar-refractivity contribution in [3.8, 4) is 0 Å². The summed E-state index contributed by atoms with van der Waals surface area (Å²) in [4.78, 5) is 33.8. The molecule has 0 bridgehead atoms. The molecule has 19 heavy (non-hydrogen) atoms. The van der Waals surface area contributed by atoms with Gasteiger partial charge in [0, 0.05) is 19.2 Å². The molecule has 3 amide bonds. The lowest BCUT2D eigenvalue weighted by Crippen LogP contribution is -2.50. The van der Waals surface area contributed by atoms with Crippen LogP contribution >= 0.6 is 0 Å². The molecule has 0 saturated heterocycles. The fourth-order valence-electron chi connectivity index (χ4n) is 1.46. The number of carbonyl (C=O) groups is 3. The highest BCUT2D eigenvalue weighted by Gasteiger charge is 2.18. The van der Waals surface area contributed by atoms with Gasteiger partial charge in [0.15, 0.2) is 0 Å². The molecule has 0 aliphatic carbocycles. The van der Waals surface area contributed by atoms with Crippen LogP contribution in [0, 0.1) is 0 Å². The molecular formula is C12H16N4O3. The zero-order valence-electron chi connectivity index (χ0n) is 10.5. The molecule has 0 spiro atoms. The van der Waals surface area contributed by atoms with Crippen molar-refractivity contribution in [1.82, 2.24) is 10.6 Å². The first kappa shape index (κ1) is 14.5. The molecule has 0 aromatic heterocycles. The molecule has 0 aliphatic rings. The second-order valence-corrected chi connectivity index (χ2v) is 3.95. The number of para-hydroxylation sites is 1. The van der Waals surface area contributed by atoms with Crippen LogP contribution in [0.5, 0.6) is 0 Å². The quantitative estimate of drug-likeness (QED) is 0.508. The van der Waals surface area contributed by atoms with Gasteiger partial charge in [0.2, 0.25) is 11.8 Å². The number of nitrogens with one attached hydrogen (secondary N) is 2. The first-order chi connectivity index (χ1) is 8.91. The maximum Gasteiger partial charge on any atom is 0.253 e. The van der Waals surface area contributed by atoms with E-state index < -0.39 is 23.8 Å². The summed E-state index contributed by atoms with van der Waals surface area (Å²) in [5.41, 5.74) is 11.4. The van der Waals surface area contributed by atoms with E-state index in [1.165, 1.54) is 6.92 Å². The minimum absolute atomic E-state index is 0.0952. The Labute approximate surface area is 110 Å². The number of hydrogen-bond donors (Lipinski definition) is 4. The van der Waals surface area contributed by atoms with Crippen LogP contribution in [0.2, 0.25) is 0 Å². The average Bonchev–Trinajstić information content (AvgIpc) is 2.34. The lowest BCUT2D eigenvalue weighted by molar-refractivity contribution is -0.126. The van der Waals surface area contributed by atoms with E-state index in [0.717, 1.165) is 0 Å². The summed E-state index contributed by atoms with van der Waals surface area (Å²) >= 11 is 0. The Hall–Kier alpha value is -2.57. The first-order valence-electron chi connectivity index (χ1n) is 5.61. The molecule has 102 valence electrons. The van der Waals surface area contributed by atoms with E-state index >= 15 is 0 Å². The Balaban J connectivity index is 2.65. The van der Waals surface area contributed by atoms with Crippen LogP contribution in [0.15, 0.2) is 24.3 Å². The molecule has 1 aromatic rings. The molecule has 1 atom stereocenters. The van der Waals surface area contributed by atoms with E-state index in [2.05, 4.69) is 10.6 Å². The summed E-state index contributed by atoms with van der Waals surface area (Å²) in [6.07, 6.45) is 0. The summed E-state index contributed by atoms with van der Waals surface area (Å²) < 4.78 is 0. The van der Waals surface area contributed by atoms with Gasteiger partial charge >= 0.3 is 0 Å². The Morgan fingerprint density at radius 3 is 2.42 bits per heavy atom. The predicted molar refractivity (Wildman–Crippen MR) is 70.0 cm³/mol. The molecule has 0 unspecified atom stereocenters. The lowest BCUT2D eigenvalue weighted by atomic mass is 10.1. The second-order valence-electron chi connectivity index (χ2n) is 3.95. The van der Waals surface area contributed by atoms with Gasteiger partial charge in [-0.3, -0.25) is 14.4 Å². The Bertz CT molecular complexity index is 502. The largest absolute Gasteiger partial charge is 0.398 e. The number of nitrogens with two attached hydrogens (primary N) is 2. The van der Waals surface area contributed by atoms with E-state index in [1.54, 1.807) is 24.3 Å². The van der Waals surface area contributed by atoms with Crippen molar-refractivity contribution < 1.29 is 14.4 Å². The molecule has 1 rings (SSSR count). The van der Waals surface area contributed by atoms with E-state index in [0.29, 0.717) is 11.3 Å². The molecule has 6 N–H and O–H groups in total. The van der Waals surface area contributed by atoms with Crippen LogP contribution in [0.4, 0.5) is 5.69 Å². The van der Waals surface area contributed by atoms with Gasteiger partial charge in [0.1, 0.15) is 6.04 Å². The summed E-state index contributed by atoms with van der Waals surface area (Å²) in [6, 6.07) is 5.57. The number of primary amides is 1. The van der Waals surface area contributed by atoms with E-state index in [-0.39, 0.29) is 6.54 Å². The third-order valence-corrected chi connectivity index (χ3v) is 2.39. The average molecular weight is 264 g/mol. The van der Waals surface area contributed by atoms with Crippen LogP contribution in [0.25, 0.3) is 0 Å². The van der Waals surface area contributed by atoms with Crippen molar-refractivity contribution in [2.75, 3.05) is 12.3 Å². The van der Waals surface area contributed by atoms with Crippen molar-refractivity contribution >= 4 is 23.4 Å². The third-order valence-electron chi connectivity index (χ3n) is 2.39. The van der Waals surface area contributed by atoms with Crippen molar-refractivity contribution in [3.63, 3.8) is 0 Å². The van der Waals surface area contributed by atoms with Crippen LogP contribution in [0.3, 0.4) is 0 Å². The van der Waals surface area contributed by atoms with E-state index in [1.807, 2.05) is 0 Å². The van der Waals surface area contributed by atoms with Gasteiger partial charge in [-0.25, -0.2) is 0 Å². The molecular weight excluding hydrogens is 248 g/mol. The Morgan fingerprint density at radius 1 is 1.26 bits per heavy atom. The van der Waals surface area contributed by atoms with Gasteiger partial charge in [-0.2, -0.15) is 0 Å². The SMILES string of the molecule is CC(=O)N[C@@H](CNC(=O)c1ccccc1N)C(N)=O. The van der Waals surface area contributed by atoms with Crippen molar-refractivity contribution in [1.29, 1.82) is 0 Å². The van der Waals surface area contributed by atoms with Crippen LogP contribution in [-0.2, 0) is 9.59 Å². The number of rotatable bonds is 5. The Kier molecular flexibility index (Phi) is 4.87. The van der Waals surface area contributed by atoms with E-state index in [9.17, 15) is 14.4 Å². The topological polar surface area (TPSA) is 127 Å². The van der Waals surface area contributed by atoms with Crippen LogP contribution in [0.1, 0.15) is 17.3 Å². The number of amides is 3. The molecule has 0 radical (unpaired) electrons. The Morgan fingerprint density at radius 2 is 1.89 bits per heavy atom. The minimum atomic E-state index is -0.952. The van der Waals surface area contributed by atoms with Crippen LogP contribution in [-0.4, -0.2) is 30.3 Å². The number of anilines is 1. The molecule has 0 heterocycles. The fourth-order valence-corrected chi connectivity index (χ4v) is 1.46. The predicted octanol–water partition coefficient (Wildman–Crippen LogP) is -1.01. The highest BCUT2D eigenvalue weighted by atomic mass is 16.2. The molecule has 0 aliphatic heterocycles. The molecule has 0 saturated carbocycles. The lowest BCUT2D eigenvalue weighted by Gasteiger charge is -2.15. The van der Waals surface area contributed by atoms with Gasteiger partial charge in [-0.05, 0) is 12.1 Å².